The molecule has 2 aliphatic heterocycles. The maximum atomic E-state index is 11.7. The average Bonchev–Trinajstić information content (AvgIpc) is 2.31. The van der Waals surface area contributed by atoms with Crippen molar-refractivity contribution < 1.29 is 0 Å². The number of aryl methyl sites for hydroxylation is 1. The Morgan fingerprint density at radius 3 is 2.83 bits per heavy atom. The summed E-state index contributed by atoms with van der Waals surface area (Å²) in [7, 11) is 1.71. The van der Waals surface area contributed by atoms with Gasteiger partial charge in [0.1, 0.15) is 0 Å². The Morgan fingerprint density at radius 1 is 1.28 bits per heavy atom. The summed E-state index contributed by atoms with van der Waals surface area (Å²) in [6.45, 7) is 0. The van der Waals surface area contributed by atoms with Crippen LogP contribution in [0, 0.1) is 0 Å². The van der Waals surface area contributed by atoms with Crippen LogP contribution in [-0.2, 0) is 7.05 Å². The summed E-state index contributed by atoms with van der Waals surface area (Å²) in [6.07, 6.45) is 0. The number of hydrogen-bond donors (Lipinski definition) is 1. The lowest BCUT2D eigenvalue weighted by Crippen LogP contribution is -2.28. The van der Waals surface area contributed by atoms with Crippen LogP contribution in [0.4, 0.5) is 0 Å². The number of nitrogens with one attached hydrogen (secondary N) is 1. The van der Waals surface area contributed by atoms with E-state index in [1.165, 1.54) is 0 Å². The van der Waals surface area contributed by atoms with Gasteiger partial charge in [0.25, 0.3) is 5.56 Å². The molecular weight excluding hydrogens is 256 g/mol. The summed E-state index contributed by atoms with van der Waals surface area (Å²) < 4.78 is 1.64. The van der Waals surface area contributed by atoms with Crippen LogP contribution in [0.3, 0.4) is 0 Å². The number of rotatable bonds is 0. The summed E-state index contributed by atoms with van der Waals surface area (Å²) >= 11 is 5.89. The summed E-state index contributed by atoms with van der Waals surface area (Å²) in [4.78, 5) is 32.9. The zero-order valence-corrected chi connectivity index (χ0v) is 10.0. The number of aromatic amines is 1. The summed E-state index contributed by atoms with van der Waals surface area (Å²) in [6, 6.07) is 5.13. The van der Waals surface area contributed by atoms with Crippen molar-refractivity contribution in [2.75, 3.05) is 0 Å². The van der Waals surface area contributed by atoms with Crippen LogP contribution in [0.25, 0.3) is 22.6 Å². The second-order valence-electron chi connectivity index (χ2n) is 3.85. The first-order valence-corrected chi connectivity index (χ1v) is 5.50. The number of hydrogen-bond acceptors (Lipinski definition) is 4. The van der Waals surface area contributed by atoms with Gasteiger partial charge in [0.2, 0.25) is 0 Å². The quantitative estimate of drug-likeness (QED) is 0.607. The summed E-state index contributed by atoms with van der Waals surface area (Å²) in [5.41, 5.74) is 0.195. The van der Waals surface area contributed by atoms with Crippen molar-refractivity contribution in [3.8, 4) is 11.5 Å². The predicted molar refractivity (Wildman–Crippen MR) is 67.0 cm³/mol. The SMILES string of the molecule is Cn1c2nc(=O)[nH]c(=O)c-2nc2cc(Cl)ccc21. The van der Waals surface area contributed by atoms with Gasteiger partial charge in [-0.2, -0.15) is 4.98 Å². The van der Waals surface area contributed by atoms with E-state index in [0.717, 1.165) is 5.52 Å². The van der Waals surface area contributed by atoms with E-state index in [-0.39, 0.29) is 11.5 Å². The van der Waals surface area contributed by atoms with Crippen LogP contribution in [0.15, 0.2) is 27.8 Å². The van der Waals surface area contributed by atoms with E-state index in [9.17, 15) is 9.59 Å². The molecular formula is C11H7ClN4O2. The number of H-pyrrole nitrogens is 1. The monoisotopic (exact) mass is 262 g/mol. The molecule has 0 unspecified atom stereocenters. The van der Waals surface area contributed by atoms with E-state index in [2.05, 4.69) is 15.0 Å². The van der Waals surface area contributed by atoms with Crippen molar-refractivity contribution in [2.45, 2.75) is 0 Å². The normalized spacial score (nSPS) is 11.2. The molecule has 3 rings (SSSR count). The lowest BCUT2D eigenvalue weighted by atomic mass is 10.2. The van der Waals surface area contributed by atoms with Crippen molar-refractivity contribution in [1.29, 1.82) is 0 Å². The Bertz CT molecular complexity index is 852. The molecule has 2 aliphatic rings. The highest BCUT2D eigenvalue weighted by Gasteiger charge is 2.16. The molecule has 6 nitrogen and oxygen atoms in total. The molecule has 1 aromatic rings. The molecule has 18 heavy (non-hydrogen) atoms. The smallest absolute Gasteiger partial charge is 0.325 e. The molecule has 7 heteroatoms. The summed E-state index contributed by atoms with van der Waals surface area (Å²) in [5.74, 6) is 0.249. The standard InChI is InChI=1S/C11H7ClN4O2/c1-16-7-3-2-5(12)4-6(7)13-8-9(16)14-11(18)15-10(8)17/h2-4H,1H3,(H,15,17,18). The lowest BCUT2D eigenvalue weighted by molar-refractivity contribution is 0.870. The highest BCUT2D eigenvalue weighted by atomic mass is 35.5. The largest absolute Gasteiger partial charge is 0.349 e. The van der Waals surface area contributed by atoms with E-state index in [1.807, 2.05) is 0 Å². The number of benzene rings is 1. The molecule has 0 aliphatic carbocycles. The van der Waals surface area contributed by atoms with Crippen LogP contribution < -0.4 is 11.2 Å². The van der Waals surface area contributed by atoms with Gasteiger partial charge in [0.15, 0.2) is 11.5 Å². The Morgan fingerprint density at radius 2 is 2.06 bits per heavy atom. The first-order chi connectivity index (χ1) is 8.56. The average molecular weight is 263 g/mol. The van der Waals surface area contributed by atoms with Gasteiger partial charge in [-0.1, -0.05) is 11.6 Å². The van der Waals surface area contributed by atoms with Gasteiger partial charge in [-0.15, -0.1) is 0 Å². The van der Waals surface area contributed by atoms with Crippen LogP contribution in [-0.4, -0.2) is 19.5 Å². The van der Waals surface area contributed by atoms with E-state index in [4.69, 9.17) is 11.6 Å². The predicted octanol–water partition coefficient (Wildman–Crippen LogP) is 0.775. The Kier molecular flexibility index (Phi) is 2.21. The highest BCUT2D eigenvalue weighted by Crippen LogP contribution is 2.21. The maximum absolute atomic E-state index is 11.7. The molecule has 2 heterocycles. The fourth-order valence-corrected chi connectivity index (χ4v) is 2.04. The number of fused-ring (bicyclic) bond motifs is 2. The highest BCUT2D eigenvalue weighted by molar-refractivity contribution is 6.31. The van der Waals surface area contributed by atoms with Gasteiger partial charge >= 0.3 is 5.69 Å². The fourth-order valence-electron chi connectivity index (χ4n) is 1.87. The minimum Gasteiger partial charge on any atom is -0.325 e. The van der Waals surface area contributed by atoms with Crippen molar-refractivity contribution in [1.82, 2.24) is 19.5 Å². The maximum Gasteiger partial charge on any atom is 0.349 e. The Labute approximate surface area is 105 Å². The van der Waals surface area contributed by atoms with Crippen LogP contribution in [0.1, 0.15) is 0 Å². The third kappa shape index (κ3) is 1.50. The first kappa shape index (κ1) is 10.9. The molecule has 0 atom stereocenters. The van der Waals surface area contributed by atoms with Gasteiger partial charge in [-0.3, -0.25) is 9.78 Å². The van der Waals surface area contributed by atoms with Crippen LogP contribution in [0.5, 0.6) is 0 Å². The number of aromatic nitrogens is 4. The van der Waals surface area contributed by atoms with Gasteiger partial charge in [0, 0.05) is 12.1 Å². The van der Waals surface area contributed by atoms with Crippen molar-refractivity contribution in [3.05, 3.63) is 44.1 Å². The van der Waals surface area contributed by atoms with Crippen LogP contribution in [0.2, 0.25) is 5.02 Å². The number of nitrogens with zero attached hydrogens (tertiary/aromatic N) is 3. The third-order valence-electron chi connectivity index (χ3n) is 2.70. The second-order valence-corrected chi connectivity index (χ2v) is 4.28. The summed E-state index contributed by atoms with van der Waals surface area (Å²) in [5, 5.41) is 0.527. The van der Waals surface area contributed by atoms with Crippen molar-refractivity contribution in [3.63, 3.8) is 0 Å². The molecule has 90 valence electrons. The fraction of sp³-hybridized carbons (Fsp3) is 0.0909. The molecule has 0 saturated heterocycles. The molecule has 0 saturated carbocycles. The van der Waals surface area contributed by atoms with E-state index < -0.39 is 11.2 Å². The Hall–Kier alpha value is -2.21. The van der Waals surface area contributed by atoms with E-state index in [0.29, 0.717) is 10.5 Å². The molecule has 0 fully saturated rings. The topological polar surface area (TPSA) is 80.6 Å². The van der Waals surface area contributed by atoms with Gasteiger partial charge in [-0.05, 0) is 18.2 Å². The zero-order valence-electron chi connectivity index (χ0n) is 9.27. The van der Waals surface area contributed by atoms with Gasteiger partial charge in [0.05, 0.1) is 11.0 Å². The van der Waals surface area contributed by atoms with Crippen molar-refractivity contribution in [2.24, 2.45) is 7.05 Å². The minimum absolute atomic E-state index is 0.117. The molecule has 0 aromatic heterocycles. The molecule has 1 N–H and O–H groups in total. The second kappa shape index (κ2) is 3.64. The lowest BCUT2D eigenvalue weighted by Gasteiger charge is -2.11. The Balaban J connectivity index is 2.61. The zero-order chi connectivity index (χ0) is 12.9. The van der Waals surface area contributed by atoms with E-state index >= 15 is 0 Å². The molecule has 0 bridgehead atoms. The third-order valence-corrected chi connectivity index (χ3v) is 2.94. The van der Waals surface area contributed by atoms with Crippen LogP contribution >= 0.6 is 11.6 Å². The molecule has 0 amide bonds. The van der Waals surface area contributed by atoms with Gasteiger partial charge in [-0.25, -0.2) is 9.78 Å². The molecule has 0 spiro atoms. The van der Waals surface area contributed by atoms with E-state index in [1.54, 1.807) is 29.8 Å². The number of halogens is 1. The van der Waals surface area contributed by atoms with Crippen molar-refractivity contribution >= 4 is 22.6 Å². The molecule has 0 radical (unpaired) electrons. The molecule has 1 aromatic carbocycles. The van der Waals surface area contributed by atoms with Gasteiger partial charge < -0.3 is 4.57 Å². The minimum atomic E-state index is -0.682. The first-order valence-electron chi connectivity index (χ1n) is 5.12.